The molecule has 0 atom stereocenters. The van der Waals surface area contributed by atoms with Gasteiger partial charge in [-0.3, -0.25) is 0 Å². The van der Waals surface area contributed by atoms with Crippen LogP contribution < -0.4 is 5.32 Å². The zero-order valence-electron chi connectivity index (χ0n) is 10.2. The van der Waals surface area contributed by atoms with Gasteiger partial charge in [-0.1, -0.05) is 0 Å². The van der Waals surface area contributed by atoms with Crippen molar-refractivity contribution in [3.05, 3.63) is 18.2 Å². The summed E-state index contributed by atoms with van der Waals surface area (Å²) in [5.41, 5.74) is 1.22. The van der Waals surface area contributed by atoms with E-state index >= 15 is 0 Å². The van der Waals surface area contributed by atoms with Gasteiger partial charge in [-0.2, -0.15) is 0 Å². The summed E-state index contributed by atoms with van der Waals surface area (Å²) in [6.07, 6.45) is 11.2. The Morgan fingerprint density at radius 2 is 1.82 bits per heavy atom. The van der Waals surface area contributed by atoms with Crippen LogP contribution in [0.25, 0.3) is 0 Å². The molecule has 4 aliphatic rings. The molecule has 4 fully saturated rings. The molecule has 0 aliphatic heterocycles. The van der Waals surface area contributed by atoms with Crippen LogP contribution in [0.3, 0.4) is 0 Å². The number of rotatable bonds is 3. The maximum atomic E-state index is 4.08. The number of nitrogens with one attached hydrogen (secondary N) is 2. The Kier molecular flexibility index (Phi) is 2.29. The molecular weight excluding hydrogens is 210 g/mol. The number of imidazole rings is 1. The first kappa shape index (κ1) is 10.1. The van der Waals surface area contributed by atoms with Crippen LogP contribution >= 0.6 is 0 Å². The molecule has 4 aliphatic carbocycles. The fourth-order valence-electron chi connectivity index (χ4n) is 4.87. The van der Waals surface area contributed by atoms with Gasteiger partial charge in [0.05, 0.1) is 6.33 Å². The highest BCUT2D eigenvalue weighted by molar-refractivity contribution is 5.03. The highest BCUT2D eigenvalue weighted by Crippen LogP contribution is 2.53. The minimum Gasteiger partial charge on any atom is -0.347 e. The van der Waals surface area contributed by atoms with Gasteiger partial charge in [-0.25, -0.2) is 4.98 Å². The first-order valence-corrected chi connectivity index (χ1v) is 7.09. The Hall–Kier alpha value is -0.830. The van der Waals surface area contributed by atoms with E-state index in [9.17, 15) is 0 Å². The Bertz CT molecular complexity index is 356. The van der Waals surface area contributed by atoms with Crippen molar-refractivity contribution in [2.24, 2.45) is 23.7 Å². The third kappa shape index (κ3) is 1.71. The minimum absolute atomic E-state index is 0.783. The number of nitrogens with zero attached hydrogens (tertiary/aromatic N) is 1. The molecule has 1 aromatic heterocycles. The van der Waals surface area contributed by atoms with Crippen molar-refractivity contribution in [1.29, 1.82) is 0 Å². The third-order valence-electron chi connectivity index (χ3n) is 5.31. The average Bonchev–Trinajstić information content (AvgIpc) is 2.80. The number of hydrogen-bond donors (Lipinski definition) is 2. The molecule has 2 N–H and O–H groups in total. The number of H-pyrrole nitrogens is 1. The van der Waals surface area contributed by atoms with Gasteiger partial charge in [0.25, 0.3) is 0 Å². The summed E-state index contributed by atoms with van der Waals surface area (Å²) in [6, 6.07) is 0.783. The Morgan fingerprint density at radius 3 is 2.41 bits per heavy atom. The quantitative estimate of drug-likeness (QED) is 0.838. The molecular formula is C14H21N3. The molecule has 17 heavy (non-hydrogen) atoms. The summed E-state index contributed by atoms with van der Waals surface area (Å²) < 4.78 is 0. The molecule has 0 spiro atoms. The van der Waals surface area contributed by atoms with E-state index in [1.54, 1.807) is 12.7 Å². The Morgan fingerprint density at radius 1 is 1.12 bits per heavy atom. The second kappa shape index (κ2) is 3.84. The second-order valence-electron chi connectivity index (χ2n) is 6.41. The highest BCUT2D eigenvalue weighted by Gasteiger charge is 2.47. The minimum atomic E-state index is 0.783. The molecule has 92 valence electrons. The van der Waals surface area contributed by atoms with Crippen LogP contribution in [0.2, 0.25) is 0 Å². The fourth-order valence-corrected chi connectivity index (χ4v) is 4.87. The van der Waals surface area contributed by atoms with E-state index in [1.807, 2.05) is 6.20 Å². The number of hydrogen-bond acceptors (Lipinski definition) is 2. The number of aromatic nitrogens is 2. The zero-order valence-corrected chi connectivity index (χ0v) is 10.2. The smallest absolute Gasteiger partial charge is 0.0922 e. The highest BCUT2D eigenvalue weighted by atomic mass is 15.0. The zero-order chi connectivity index (χ0) is 11.2. The molecule has 0 saturated heterocycles. The summed E-state index contributed by atoms with van der Waals surface area (Å²) in [5, 5.41) is 3.80. The monoisotopic (exact) mass is 231 g/mol. The molecule has 1 aromatic rings. The van der Waals surface area contributed by atoms with Gasteiger partial charge >= 0.3 is 0 Å². The lowest BCUT2D eigenvalue weighted by Crippen LogP contribution is -2.54. The maximum Gasteiger partial charge on any atom is 0.0922 e. The van der Waals surface area contributed by atoms with Crippen molar-refractivity contribution in [3.63, 3.8) is 0 Å². The van der Waals surface area contributed by atoms with E-state index in [-0.39, 0.29) is 0 Å². The first-order chi connectivity index (χ1) is 8.38. The average molecular weight is 231 g/mol. The number of aromatic amines is 1. The van der Waals surface area contributed by atoms with E-state index in [4.69, 9.17) is 0 Å². The second-order valence-corrected chi connectivity index (χ2v) is 6.41. The molecule has 0 unspecified atom stereocenters. The van der Waals surface area contributed by atoms with Crippen LogP contribution in [-0.2, 0) is 6.54 Å². The van der Waals surface area contributed by atoms with Crippen molar-refractivity contribution in [2.75, 3.05) is 0 Å². The Labute approximate surface area is 102 Å². The topological polar surface area (TPSA) is 40.7 Å². The molecule has 1 heterocycles. The summed E-state index contributed by atoms with van der Waals surface area (Å²) in [4.78, 5) is 7.27. The van der Waals surface area contributed by atoms with Gasteiger partial charge in [0, 0.05) is 24.5 Å². The van der Waals surface area contributed by atoms with Crippen LogP contribution in [-0.4, -0.2) is 16.0 Å². The third-order valence-corrected chi connectivity index (χ3v) is 5.31. The standard InChI is InChI=1S/C14H21N3/c1-9-2-11-4-10(1)5-12(3-9)14(11)16-7-13-6-15-8-17-13/h6,8-12,14,16H,1-5,7H2,(H,15,17). The van der Waals surface area contributed by atoms with Gasteiger partial charge in [0.15, 0.2) is 0 Å². The van der Waals surface area contributed by atoms with Gasteiger partial charge in [0.1, 0.15) is 0 Å². The molecule has 4 saturated carbocycles. The predicted molar refractivity (Wildman–Crippen MR) is 66.3 cm³/mol. The van der Waals surface area contributed by atoms with Crippen LogP contribution in [0, 0.1) is 23.7 Å². The van der Waals surface area contributed by atoms with Crippen molar-refractivity contribution < 1.29 is 0 Å². The summed E-state index contributed by atoms with van der Waals surface area (Å²) >= 11 is 0. The lowest BCUT2D eigenvalue weighted by Gasteiger charge is -2.54. The lowest BCUT2D eigenvalue weighted by atomic mass is 9.54. The summed E-state index contributed by atoms with van der Waals surface area (Å²) in [5.74, 6) is 4.08. The van der Waals surface area contributed by atoms with E-state index in [1.165, 1.54) is 31.4 Å². The van der Waals surface area contributed by atoms with Gasteiger partial charge in [-0.05, 0) is 55.8 Å². The maximum absolute atomic E-state index is 4.08. The van der Waals surface area contributed by atoms with Crippen LogP contribution in [0.4, 0.5) is 0 Å². The summed E-state index contributed by atoms with van der Waals surface area (Å²) in [7, 11) is 0. The van der Waals surface area contributed by atoms with Crippen molar-refractivity contribution in [3.8, 4) is 0 Å². The fraction of sp³-hybridized carbons (Fsp3) is 0.786. The van der Waals surface area contributed by atoms with Crippen LogP contribution in [0.5, 0.6) is 0 Å². The van der Waals surface area contributed by atoms with Crippen LogP contribution in [0.15, 0.2) is 12.5 Å². The summed E-state index contributed by atoms with van der Waals surface area (Å²) in [6.45, 7) is 0.965. The molecule has 0 amide bonds. The van der Waals surface area contributed by atoms with Gasteiger partial charge < -0.3 is 10.3 Å². The van der Waals surface area contributed by atoms with Crippen molar-refractivity contribution in [1.82, 2.24) is 15.3 Å². The SMILES string of the molecule is c1ncc(CNC2C3CC4CC(C3)CC2C4)[nH]1. The molecule has 3 heteroatoms. The molecule has 3 nitrogen and oxygen atoms in total. The molecule has 5 rings (SSSR count). The van der Waals surface area contributed by atoms with E-state index in [0.29, 0.717) is 0 Å². The predicted octanol–water partition coefficient (Wildman–Crippen LogP) is 2.32. The van der Waals surface area contributed by atoms with Crippen molar-refractivity contribution in [2.45, 2.75) is 44.7 Å². The largest absolute Gasteiger partial charge is 0.347 e. The van der Waals surface area contributed by atoms with Gasteiger partial charge in [0.2, 0.25) is 0 Å². The first-order valence-electron chi connectivity index (χ1n) is 7.09. The van der Waals surface area contributed by atoms with E-state index in [0.717, 1.165) is 36.3 Å². The van der Waals surface area contributed by atoms with E-state index < -0.39 is 0 Å². The molecule has 4 bridgehead atoms. The van der Waals surface area contributed by atoms with Gasteiger partial charge in [-0.15, -0.1) is 0 Å². The van der Waals surface area contributed by atoms with Crippen molar-refractivity contribution >= 4 is 0 Å². The Balaban J connectivity index is 1.44. The molecule has 0 aromatic carbocycles. The van der Waals surface area contributed by atoms with Crippen LogP contribution in [0.1, 0.15) is 37.8 Å². The lowest BCUT2D eigenvalue weighted by molar-refractivity contribution is -0.0143. The molecule has 0 radical (unpaired) electrons. The van der Waals surface area contributed by atoms with E-state index in [2.05, 4.69) is 15.3 Å². The normalized spacial score (nSPS) is 43.2.